The monoisotopic (exact) mass is 887 g/mol. The molecular weight excluding hydrogens is 789 g/mol. The maximum absolute atomic E-state index is 12.8. The van der Waals surface area contributed by atoms with Crippen LogP contribution in [0.4, 0.5) is 0 Å². The fraction of sp³-hybridized carbons (Fsp3) is 0.661. The minimum Gasteiger partial charge on any atom is -0.462 e. The van der Waals surface area contributed by atoms with Crippen molar-refractivity contribution in [2.45, 2.75) is 232 Å². The summed E-state index contributed by atoms with van der Waals surface area (Å²) in [7, 11) is 0. The number of ether oxygens (including phenoxy) is 3. The van der Waals surface area contributed by atoms with E-state index in [9.17, 15) is 9.59 Å². The third kappa shape index (κ3) is 51.2. The van der Waals surface area contributed by atoms with Crippen molar-refractivity contribution in [3.05, 3.63) is 109 Å². The van der Waals surface area contributed by atoms with Crippen LogP contribution >= 0.6 is 0 Å². The van der Waals surface area contributed by atoms with E-state index in [0.29, 0.717) is 19.4 Å². The van der Waals surface area contributed by atoms with Crippen molar-refractivity contribution >= 4 is 11.9 Å². The number of esters is 2. The summed E-state index contributed by atoms with van der Waals surface area (Å²) in [5.41, 5.74) is 0. The molecule has 0 fully saturated rings. The lowest BCUT2D eigenvalue weighted by Crippen LogP contribution is -2.30. The molecule has 5 nitrogen and oxygen atoms in total. The maximum atomic E-state index is 12.8. The van der Waals surface area contributed by atoms with E-state index in [0.717, 1.165) is 128 Å². The zero-order valence-electron chi connectivity index (χ0n) is 41.8. The number of carbonyl (C=O) groups is 2. The van der Waals surface area contributed by atoms with Crippen LogP contribution in [0.1, 0.15) is 226 Å². The normalized spacial score (nSPS) is 13.1. The molecule has 0 amide bonds. The number of allylic oxidation sites excluding steroid dienone is 18. The highest BCUT2D eigenvalue weighted by Gasteiger charge is 2.17. The molecule has 0 bridgehead atoms. The van der Waals surface area contributed by atoms with Crippen LogP contribution in [0.5, 0.6) is 0 Å². The molecule has 0 aromatic carbocycles. The second-order valence-electron chi connectivity index (χ2n) is 17.0. The first-order valence-corrected chi connectivity index (χ1v) is 26.4. The Hall–Kier alpha value is -3.44. The zero-order chi connectivity index (χ0) is 46.3. The Bertz CT molecular complexity index is 1280. The Morgan fingerprint density at radius 2 is 0.734 bits per heavy atom. The molecule has 0 N–H and O–H groups in total. The molecule has 0 aromatic heterocycles. The van der Waals surface area contributed by atoms with Gasteiger partial charge in [-0.05, 0) is 122 Å². The number of rotatable bonds is 47. The molecule has 0 saturated heterocycles. The Labute approximate surface area is 395 Å². The van der Waals surface area contributed by atoms with E-state index in [-0.39, 0.29) is 25.2 Å². The SMILES string of the molecule is CC/C=C\C/C=C\C/C=C\C/C=C\C/C=C\CCCCCCOCC(COC(=O)CCCCCCC/C=C\C/C=C\CCCCC)OC(=O)CCCCCCC/C=C\C/C=C\CCC. The van der Waals surface area contributed by atoms with Gasteiger partial charge in [0.2, 0.25) is 0 Å². The van der Waals surface area contributed by atoms with Crippen molar-refractivity contribution in [1.29, 1.82) is 0 Å². The molecule has 0 spiro atoms. The van der Waals surface area contributed by atoms with Crippen molar-refractivity contribution in [3.8, 4) is 0 Å². The Morgan fingerprint density at radius 1 is 0.359 bits per heavy atom. The van der Waals surface area contributed by atoms with Gasteiger partial charge in [0.1, 0.15) is 6.61 Å². The van der Waals surface area contributed by atoms with Gasteiger partial charge >= 0.3 is 11.9 Å². The van der Waals surface area contributed by atoms with Gasteiger partial charge in [-0.15, -0.1) is 0 Å². The second-order valence-corrected chi connectivity index (χ2v) is 17.0. The molecule has 5 heteroatoms. The van der Waals surface area contributed by atoms with Crippen LogP contribution in [0, 0.1) is 0 Å². The lowest BCUT2D eigenvalue weighted by molar-refractivity contribution is -0.163. The fourth-order valence-corrected chi connectivity index (χ4v) is 6.84. The molecule has 0 heterocycles. The van der Waals surface area contributed by atoms with Crippen molar-refractivity contribution in [1.82, 2.24) is 0 Å². The highest BCUT2D eigenvalue weighted by atomic mass is 16.6. The predicted molar refractivity (Wildman–Crippen MR) is 279 cm³/mol. The van der Waals surface area contributed by atoms with Gasteiger partial charge in [-0.2, -0.15) is 0 Å². The quantitative estimate of drug-likeness (QED) is 0.0346. The summed E-state index contributed by atoms with van der Waals surface area (Å²) in [4.78, 5) is 25.4. The topological polar surface area (TPSA) is 61.8 Å². The first kappa shape index (κ1) is 60.6. The summed E-state index contributed by atoms with van der Waals surface area (Å²) in [5, 5.41) is 0. The van der Waals surface area contributed by atoms with Gasteiger partial charge in [0.25, 0.3) is 0 Å². The summed E-state index contributed by atoms with van der Waals surface area (Å²) in [6, 6.07) is 0. The number of hydrogen-bond donors (Lipinski definition) is 0. The number of unbranched alkanes of at least 4 members (excludes halogenated alkanes) is 18. The third-order valence-corrected chi connectivity index (χ3v) is 10.7. The summed E-state index contributed by atoms with van der Waals surface area (Å²) in [5.74, 6) is -0.450. The maximum Gasteiger partial charge on any atom is 0.306 e. The molecule has 0 aliphatic rings. The molecule has 64 heavy (non-hydrogen) atoms. The van der Waals surface area contributed by atoms with Crippen molar-refractivity contribution in [2.24, 2.45) is 0 Å². The molecule has 0 rings (SSSR count). The largest absolute Gasteiger partial charge is 0.462 e. The second kappa shape index (κ2) is 53.9. The standard InChI is InChI=1S/C59H98O5/c1-4-7-10-13-16-19-22-25-27-28-29-30-31-33-36-39-42-45-48-51-54-62-55-57(64-59(61)53-50-47-44-41-38-34-24-21-18-15-12-9-6-3)56-63-58(60)52-49-46-43-40-37-35-32-26-23-20-17-14-11-8-5-2/h7,10,12,15-17,19-21,24-27,29-30,32-33,36,57H,4-6,8-9,11,13-14,18,22-23,28,31,34-35,37-56H2,1-3H3/b10-7-,15-12-,19-16-,20-17-,24-21-,27-25-,30-29-,32-26-,36-33-. The summed E-state index contributed by atoms with van der Waals surface area (Å²) < 4.78 is 17.4. The minimum absolute atomic E-state index is 0.0556. The van der Waals surface area contributed by atoms with Crippen LogP contribution in [-0.2, 0) is 23.8 Å². The number of hydrogen-bond acceptors (Lipinski definition) is 5. The van der Waals surface area contributed by atoms with Gasteiger partial charge in [-0.3, -0.25) is 9.59 Å². The highest BCUT2D eigenvalue weighted by Crippen LogP contribution is 2.12. The molecular formula is C59H98O5. The van der Waals surface area contributed by atoms with Crippen LogP contribution in [0.15, 0.2) is 109 Å². The smallest absolute Gasteiger partial charge is 0.306 e. The van der Waals surface area contributed by atoms with Crippen molar-refractivity contribution < 1.29 is 23.8 Å². The molecule has 0 saturated carbocycles. The van der Waals surface area contributed by atoms with Gasteiger partial charge in [-0.25, -0.2) is 0 Å². The van der Waals surface area contributed by atoms with E-state index in [1.54, 1.807) is 0 Å². The van der Waals surface area contributed by atoms with Gasteiger partial charge in [-0.1, -0.05) is 201 Å². The van der Waals surface area contributed by atoms with Crippen LogP contribution < -0.4 is 0 Å². The Morgan fingerprint density at radius 3 is 1.19 bits per heavy atom. The molecule has 0 aliphatic heterocycles. The Kier molecular flexibility index (Phi) is 51.0. The third-order valence-electron chi connectivity index (χ3n) is 10.7. The molecule has 1 unspecified atom stereocenters. The summed E-state index contributed by atoms with van der Waals surface area (Å²) in [6.45, 7) is 7.53. The average molecular weight is 887 g/mol. The van der Waals surface area contributed by atoms with Gasteiger partial charge in [0.15, 0.2) is 6.10 Å². The fourth-order valence-electron chi connectivity index (χ4n) is 6.84. The van der Waals surface area contributed by atoms with E-state index in [2.05, 4.69) is 130 Å². The summed E-state index contributed by atoms with van der Waals surface area (Å²) in [6.07, 6.45) is 73.8. The average Bonchev–Trinajstić information content (AvgIpc) is 3.30. The highest BCUT2D eigenvalue weighted by molar-refractivity contribution is 5.70. The zero-order valence-corrected chi connectivity index (χ0v) is 41.8. The van der Waals surface area contributed by atoms with Gasteiger partial charge < -0.3 is 14.2 Å². The first-order chi connectivity index (χ1) is 31.6. The summed E-state index contributed by atoms with van der Waals surface area (Å²) >= 11 is 0. The van der Waals surface area contributed by atoms with Gasteiger partial charge in [0, 0.05) is 19.4 Å². The van der Waals surface area contributed by atoms with Crippen LogP contribution in [0.2, 0.25) is 0 Å². The van der Waals surface area contributed by atoms with Crippen molar-refractivity contribution in [3.63, 3.8) is 0 Å². The van der Waals surface area contributed by atoms with Crippen LogP contribution in [0.25, 0.3) is 0 Å². The van der Waals surface area contributed by atoms with E-state index >= 15 is 0 Å². The van der Waals surface area contributed by atoms with E-state index in [1.807, 2.05) is 0 Å². The van der Waals surface area contributed by atoms with E-state index in [1.165, 1.54) is 64.2 Å². The Balaban J connectivity index is 4.37. The number of carbonyl (C=O) groups excluding carboxylic acids is 2. The molecule has 0 aromatic rings. The van der Waals surface area contributed by atoms with Gasteiger partial charge in [0.05, 0.1) is 6.61 Å². The van der Waals surface area contributed by atoms with E-state index < -0.39 is 6.10 Å². The lowest BCUT2D eigenvalue weighted by Gasteiger charge is -2.18. The molecule has 364 valence electrons. The van der Waals surface area contributed by atoms with Crippen molar-refractivity contribution in [2.75, 3.05) is 19.8 Å². The lowest BCUT2D eigenvalue weighted by atomic mass is 10.1. The van der Waals surface area contributed by atoms with Crippen LogP contribution in [0.3, 0.4) is 0 Å². The minimum atomic E-state index is -0.569. The predicted octanol–water partition coefficient (Wildman–Crippen LogP) is 18.0. The first-order valence-electron chi connectivity index (χ1n) is 26.4. The van der Waals surface area contributed by atoms with E-state index in [4.69, 9.17) is 14.2 Å². The molecule has 0 radical (unpaired) electrons. The molecule has 0 aliphatic carbocycles. The molecule has 1 atom stereocenters. The van der Waals surface area contributed by atoms with Crippen LogP contribution in [-0.4, -0.2) is 37.9 Å².